The molecule has 2 rings (SSSR count). The molecule has 1 fully saturated rings. The van der Waals surface area contributed by atoms with Crippen LogP contribution in [0.5, 0.6) is 5.88 Å². The molecule has 1 heterocycles. The smallest absolute Gasteiger partial charge is 0.360 e. The largest absolute Gasteiger partial charge is 0.476 e. The number of carboxylic acid groups (broad SMARTS) is 1. The number of carbonyl (C=O) groups is 1. The summed E-state index contributed by atoms with van der Waals surface area (Å²) in [5.74, 6) is -0.276. The van der Waals surface area contributed by atoms with Gasteiger partial charge in [-0.1, -0.05) is 19.8 Å². The highest BCUT2D eigenvalue weighted by Crippen LogP contribution is 2.29. The van der Waals surface area contributed by atoms with Crippen LogP contribution in [0.15, 0.2) is 12.4 Å². The van der Waals surface area contributed by atoms with E-state index >= 15 is 0 Å². The van der Waals surface area contributed by atoms with Crippen LogP contribution in [0.1, 0.15) is 49.5 Å². The van der Waals surface area contributed by atoms with Gasteiger partial charge in [-0.25, -0.2) is 14.8 Å². The molecule has 1 aliphatic rings. The van der Waals surface area contributed by atoms with E-state index in [0.717, 1.165) is 25.7 Å². The van der Waals surface area contributed by atoms with E-state index in [1.165, 1.54) is 18.8 Å². The molecular formula is C13H18N2O3. The molecule has 0 bridgehead atoms. The Balaban J connectivity index is 2.07. The summed E-state index contributed by atoms with van der Waals surface area (Å²) in [4.78, 5) is 18.8. The molecule has 0 spiro atoms. The van der Waals surface area contributed by atoms with E-state index in [2.05, 4.69) is 16.9 Å². The van der Waals surface area contributed by atoms with Crippen molar-refractivity contribution in [1.29, 1.82) is 0 Å². The fourth-order valence-electron chi connectivity index (χ4n) is 2.44. The van der Waals surface area contributed by atoms with E-state index in [1.54, 1.807) is 0 Å². The van der Waals surface area contributed by atoms with Crippen LogP contribution >= 0.6 is 0 Å². The van der Waals surface area contributed by atoms with Crippen molar-refractivity contribution < 1.29 is 14.6 Å². The predicted octanol–water partition coefficient (Wildman–Crippen LogP) is 2.52. The van der Waals surface area contributed by atoms with Gasteiger partial charge in [0.15, 0.2) is 0 Å². The van der Waals surface area contributed by atoms with Crippen molar-refractivity contribution in [2.45, 2.75) is 45.1 Å². The van der Waals surface area contributed by atoms with E-state index in [0.29, 0.717) is 5.92 Å². The van der Waals surface area contributed by atoms with Gasteiger partial charge in [-0.2, -0.15) is 0 Å². The van der Waals surface area contributed by atoms with Gasteiger partial charge in [0.1, 0.15) is 6.10 Å². The number of hydrogen-bond acceptors (Lipinski definition) is 4. The molecule has 2 unspecified atom stereocenters. The fraction of sp³-hybridized carbons (Fsp3) is 0.615. The molecule has 2 atom stereocenters. The summed E-state index contributed by atoms with van der Waals surface area (Å²) in [6.45, 7) is 2.18. The fourth-order valence-corrected chi connectivity index (χ4v) is 2.44. The van der Waals surface area contributed by atoms with Crippen LogP contribution in [-0.4, -0.2) is 27.1 Å². The predicted molar refractivity (Wildman–Crippen MR) is 65.7 cm³/mol. The first-order valence-corrected chi connectivity index (χ1v) is 6.41. The second-order valence-corrected chi connectivity index (χ2v) is 4.70. The molecule has 1 aromatic rings. The lowest BCUT2D eigenvalue weighted by Crippen LogP contribution is -2.26. The minimum Gasteiger partial charge on any atom is -0.476 e. The first-order valence-electron chi connectivity index (χ1n) is 6.41. The minimum atomic E-state index is -1.10. The highest BCUT2D eigenvalue weighted by atomic mass is 16.5. The van der Waals surface area contributed by atoms with Gasteiger partial charge in [0, 0.05) is 12.4 Å². The maximum Gasteiger partial charge on any atom is 0.360 e. The molecular weight excluding hydrogens is 232 g/mol. The second kappa shape index (κ2) is 5.80. The molecule has 0 amide bonds. The topological polar surface area (TPSA) is 72.3 Å². The summed E-state index contributed by atoms with van der Waals surface area (Å²) >= 11 is 0. The van der Waals surface area contributed by atoms with E-state index in [1.807, 2.05) is 0 Å². The third-order valence-electron chi connectivity index (χ3n) is 3.46. The summed E-state index contributed by atoms with van der Waals surface area (Å²) in [6.07, 6.45) is 8.35. The summed E-state index contributed by atoms with van der Waals surface area (Å²) < 4.78 is 5.73. The molecule has 0 aliphatic heterocycles. The molecule has 0 radical (unpaired) electrons. The number of aromatic nitrogens is 2. The zero-order chi connectivity index (χ0) is 13.0. The number of carboxylic acids is 1. The number of nitrogens with zero attached hydrogens (tertiary/aromatic N) is 2. The lowest BCUT2D eigenvalue weighted by molar-refractivity contribution is 0.0670. The monoisotopic (exact) mass is 250 g/mol. The Morgan fingerprint density at radius 1 is 1.44 bits per heavy atom. The molecule has 98 valence electrons. The Bertz CT molecular complexity index is 422. The van der Waals surface area contributed by atoms with Gasteiger partial charge >= 0.3 is 5.97 Å². The molecule has 1 N–H and O–H groups in total. The van der Waals surface area contributed by atoms with Gasteiger partial charge < -0.3 is 9.84 Å². The van der Waals surface area contributed by atoms with Crippen LogP contribution in [0.2, 0.25) is 0 Å². The Labute approximate surface area is 106 Å². The van der Waals surface area contributed by atoms with E-state index < -0.39 is 5.97 Å². The molecule has 1 aromatic heterocycles. The van der Waals surface area contributed by atoms with Crippen LogP contribution in [0.3, 0.4) is 0 Å². The maximum absolute atomic E-state index is 11.0. The lowest BCUT2D eigenvalue weighted by Gasteiger charge is -2.28. The van der Waals surface area contributed by atoms with Gasteiger partial charge in [0.05, 0.1) is 0 Å². The third-order valence-corrected chi connectivity index (χ3v) is 3.46. The molecule has 0 saturated heterocycles. The van der Waals surface area contributed by atoms with E-state index in [-0.39, 0.29) is 17.7 Å². The van der Waals surface area contributed by atoms with Crippen molar-refractivity contribution in [3.05, 3.63) is 18.1 Å². The van der Waals surface area contributed by atoms with Crippen molar-refractivity contribution in [1.82, 2.24) is 9.97 Å². The highest BCUT2D eigenvalue weighted by molar-refractivity contribution is 5.87. The number of hydrogen-bond donors (Lipinski definition) is 1. The molecule has 1 saturated carbocycles. The maximum atomic E-state index is 11.0. The van der Waals surface area contributed by atoms with Crippen LogP contribution < -0.4 is 4.74 Å². The number of aromatic carboxylic acids is 1. The number of rotatable bonds is 4. The minimum absolute atomic E-state index is 0.0681. The highest BCUT2D eigenvalue weighted by Gasteiger charge is 2.24. The molecule has 0 aromatic carbocycles. The van der Waals surface area contributed by atoms with Gasteiger partial charge in [0.2, 0.25) is 11.6 Å². The first kappa shape index (κ1) is 12.8. The van der Waals surface area contributed by atoms with Gasteiger partial charge in [-0.3, -0.25) is 0 Å². The van der Waals surface area contributed by atoms with Crippen molar-refractivity contribution in [3.8, 4) is 5.88 Å². The van der Waals surface area contributed by atoms with Crippen molar-refractivity contribution in [2.24, 2.45) is 5.92 Å². The normalized spacial score (nSPS) is 23.6. The zero-order valence-corrected chi connectivity index (χ0v) is 10.5. The molecule has 5 heteroatoms. The van der Waals surface area contributed by atoms with E-state index in [4.69, 9.17) is 9.84 Å². The Morgan fingerprint density at radius 2 is 2.22 bits per heavy atom. The van der Waals surface area contributed by atoms with Crippen LogP contribution in [0.4, 0.5) is 0 Å². The van der Waals surface area contributed by atoms with Gasteiger partial charge in [-0.15, -0.1) is 0 Å². The SMILES string of the molecule is CCC1CCCC(Oc2nccnc2C(=O)O)C1. The molecule has 5 nitrogen and oxygen atoms in total. The Hall–Kier alpha value is -1.65. The second-order valence-electron chi connectivity index (χ2n) is 4.70. The third kappa shape index (κ3) is 2.97. The summed E-state index contributed by atoms with van der Waals surface area (Å²) in [5, 5.41) is 9.01. The van der Waals surface area contributed by atoms with Gasteiger partial charge in [0.25, 0.3) is 0 Å². The van der Waals surface area contributed by atoms with Crippen molar-refractivity contribution >= 4 is 5.97 Å². The molecule has 18 heavy (non-hydrogen) atoms. The Morgan fingerprint density at radius 3 is 2.94 bits per heavy atom. The quantitative estimate of drug-likeness (QED) is 0.888. The zero-order valence-electron chi connectivity index (χ0n) is 10.5. The number of ether oxygens (including phenoxy) is 1. The Kier molecular flexibility index (Phi) is 4.12. The first-order chi connectivity index (χ1) is 8.70. The average molecular weight is 250 g/mol. The van der Waals surface area contributed by atoms with Crippen molar-refractivity contribution in [3.63, 3.8) is 0 Å². The van der Waals surface area contributed by atoms with Crippen LogP contribution in [0, 0.1) is 5.92 Å². The van der Waals surface area contributed by atoms with E-state index in [9.17, 15) is 4.79 Å². The summed E-state index contributed by atoms with van der Waals surface area (Å²) in [6, 6.07) is 0. The van der Waals surface area contributed by atoms with Crippen LogP contribution in [-0.2, 0) is 0 Å². The summed E-state index contributed by atoms with van der Waals surface area (Å²) in [7, 11) is 0. The lowest BCUT2D eigenvalue weighted by atomic mass is 9.85. The standard InChI is InChI=1S/C13H18N2O3/c1-2-9-4-3-5-10(8-9)18-12-11(13(16)17)14-6-7-15-12/h6-7,9-10H,2-5,8H2,1H3,(H,16,17). The van der Waals surface area contributed by atoms with Crippen molar-refractivity contribution in [2.75, 3.05) is 0 Å². The average Bonchev–Trinajstić information content (AvgIpc) is 2.39. The molecule has 1 aliphatic carbocycles. The summed E-state index contributed by atoms with van der Waals surface area (Å²) in [5.41, 5.74) is -0.101. The van der Waals surface area contributed by atoms with Crippen LogP contribution in [0.25, 0.3) is 0 Å². The van der Waals surface area contributed by atoms with Gasteiger partial charge in [-0.05, 0) is 25.2 Å².